The lowest BCUT2D eigenvalue weighted by atomic mass is 10.2. The largest absolute Gasteiger partial charge is 0.339 e. The van der Waals surface area contributed by atoms with E-state index in [0.717, 1.165) is 21.8 Å². The van der Waals surface area contributed by atoms with Gasteiger partial charge in [0.25, 0.3) is 5.91 Å². The topological polar surface area (TPSA) is 70.1 Å². The van der Waals surface area contributed by atoms with Crippen molar-refractivity contribution < 1.29 is 4.79 Å². The first kappa shape index (κ1) is 21.5. The number of aromatic amines is 1. The van der Waals surface area contributed by atoms with Gasteiger partial charge < -0.3 is 10.3 Å². The molecule has 2 aromatic rings. The van der Waals surface area contributed by atoms with Gasteiger partial charge in [-0.3, -0.25) is 9.79 Å². The van der Waals surface area contributed by atoms with E-state index in [1.165, 1.54) is 11.8 Å². The molecule has 1 aromatic heterocycles. The first-order valence-electron chi connectivity index (χ1n) is 6.91. The fourth-order valence-corrected chi connectivity index (χ4v) is 3.42. The molecule has 9 heteroatoms. The van der Waals surface area contributed by atoms with E-state index >= 15 is 0 Å². The summed E-state index contributed by atoms with van der Waals surface area (Å²) in [5, 5.41) is 3.48. The van der Waals surface area contributed by atoms with Crippen LogP contribution in [0.4, 0.5) is 0 Å². The Hall–Kier alpha value is -0.520. The summed E-state index contributed by atoms with van der Waals surface area (Å²) in [6.07, 6.45) is 3.57. The molecule has 1 amide bonds. The van der Waals surface area contributed by atoms with Crippen LogP contribution in [0.15, 0.2) is 46.3 Å². The first-order valence-corrected chi connectivity index (χ1v) is 10.1. The number of rotatable bonds is 6. The molecule has 2 rings (SSSR count). The summed E-state index contributed by atoms with van der Waals surface area (Å²) in [7, 11) is 0. The summed E-state index contributed by atoms with van der Waals surface area (Å²) in [5.41, 5.74) is 1.63. The molecule has 1 aromatic carbocycles. The van der Waals surface area contributed by atoms with Crippen LogP contribution in [-0.2, 0) is 5.75 Å². The number of hydrogen-bond donors (Lipinski definition) is 2. The molecule has 24 heavy (non-hydrogen) atoms. The van der Waals surface area contributed by atoms with Crippen LogP contribution < -0.4 is 5.32 Å². The minimum atomic E-state index is -0.133. The van der Waals surface area contributed by atoms with Gasteiger partial charge in [-0.05, 0) is 34.3 Å². The van der Waals surface area contributed by atoms with E-state index in [0.29, 0.717) is 17.3 Å². The van der Waals surface area contributed by atoms with Crippen molar-refractivity contribution >= 4 is 74.5 Å². The van der Waals surface area contributed by atoms with E-state index < -0.39 is 0 Å². The predicted molar refractivity (Wildman–Crippen MR) is 118 cm³/mol. The number of aromatic nitrogens is 2. The van der Waals surface area contributed by atoms with E-state index in [9.17, 15) is 4.79 Å². The van der Waals surface area contributed by atoms with Crippen LogP contribution in [0.3, 0.4) is 0 Å². The smallest absolute Gasteiger partial charge is 0.257 e. The minimum absolute atomic E-state index is 0. The van der Waals surface area contributed by atoms with Crippen LogP contribution >= 0.6 is 63.4 Å². The number of carbonyl (C=O) groups excluding carboxylic acids is 1. The maximum absolute atomic E-state index is 12.1. The lowest BCUT2D eigenvalue weighted by Crippen LogP contribution is -2.28. The maximum Gasteiger partial charge on any atom is 0.257 e. The molecule has 0 aliphatic rings. The molecule has 0 bridgehead atoms. The lowest BCUT2D eigenvalue weighted by Gasteiger charge is -2.06. The van der Waals surface area contributed by atoms with Crippen molar-refractivity contribution in [2.24, 2.45) is 4.99 Å². The Morgan fingerprint density at radius 1 is 1.38 bits per heavy atom. The molecule has 5 nitrogen and oxygen atoms in total. The van der Waals surface area contributed by atoms with Crippen molar-refractivity contribution in [3.8, 4) is 0 Å². The summed E-state index contributed by atoms with van der Waals surface area (Å²) in [5.74, 6) is 1.56. The second kappa shape index (κ2) is 11.9. The molecule has 1 heterocycles. The first-order chi connectivity index (χ1) is 11.2. The molecule has 0 aliphatic carbocycles. The van der Waals surface area contributed by atoms with E-state index in [1.807, 2.05) is 24.5 Å². The van der Waals surface area contributed by atoms with Crippen LogP contribution in [0, 0.1) is 0 Å². The van der Waals surface area contributed by atoms with Gasteiger partial charge in [0.05, 0.1) is 18.6 Å². The van der Waals surface area contributed by atoms with Gasteiger partial charge in [0.1, 0.15) is 4.60 Å². The third kappa shape index (κ3) is 7.16. The molecular formula is C15H18BrIN4OS2. The fourth-order valence-electron chi connectivity index (χ4n) is 1.70. The minimum Gasteiger partial charge on any atom is -0.339 e. The summed E-state index contributed by atoms with van der Waals surface area (Å²) in [6.45, 7) is 0.651. The summed E-state index contributed by atoms with van der Waals surface area (Å²) >= 11 is 6.60. The normalized spacial score (nSPS) is 11.0. The van der Waals surface area contributed by atoms with Gasteiger partial charge in [0.2, 0.25) is 0 Å². The molecule has 0 saturated carbocycles. The zero-order chi connectivity index (χ0) is 16.5. The summed E-state index contributed by atoms with van der Waals surface area (Å²) in [4.78, 5) is 23.7. The number of nitrogens with zero attached hydrogens (tertiary/aromatic N) is 2. The van der Waals surface area contributed by atoms with Crippen molar-refractivity contribution in [3.05, 3.63) is 52.5 Å². The third-order valence-electron chi connectivity index (χ3n) is 2.84. The van der Waals surface area contributed by atoms with Crippen LogP contribution in [0.1, 0.15) is 16.1 Å². The van der Waals surface area contributed by atoms with Crippen LogP contribution in [-0.4, -0.2) is 39.6 Å². The van der Waals surface area contributed by atoms with Gasteiger partial charge in [-0.2, -0.15) is 11.8 Å². The highest BCUT2D eigenvalue weighted by atomic mass is 127. The zero-order valence-electron chi connectivity index (χ0n) is 13.0. The van der Waals surface area contributed by atoms with E-state index in [1.54, 1.807) is 30.2 Å². The van der Waals surface area contributed by atoms with Crippen molar-refractivity contribution in [2.75, 3.05) is 18.6 Å². The van der Waals surface area contributed by atoms with Crippen molar-refractivity contribution in [1.82, 2.24) is 15.3 Å². The molecule has 0 aliphatic heterocycles. The number of hydrogen-bond acceptors (Lipinski definition) is 5. The van der Waals surface area contributed by atoms with Gasteiger partial charge in [-0.25, -0.2) is 4.98 Å². The van der Waals surface area contributed by atoms with Crippen LogP contribution in [0.5, 0.6) is 0 Å². The van der Waals surface area contributed by atoms with Gasteiger partial charge in [0.15, 0.2) is 5.17 Å². The van der Waals surface area contributed by atoms with E-state index in [2.05, 4.69) is 36.2 Å². The predicted octanol–water partition coefficient (Wildman–Crippen LogP) is 4.17. The molecular weight excluding hydrogens is 523 g/mol. The molecule has 0 unspecified atom stereocenters. The Balaban J connectivity index is 0.00000288. The molecule has 0 atom stereocenters. The van der Waals surface area contributed by atoms with Gasteiger partial charge in [-0.15, -0.1) is 24.0 Å². The van der Waals surface area contributed by atoms with Crippen LogP contribution in [0.2, 0.25) is 0 Å². The number of amidine groups is 1. The van der Waals surface area contributed by atoms with Gasteiger partial charge in [0, 0.05) is 17.1 Å². The number of nitrogens with one attached hydrogen (secondary N) is 2. The second-order valence-electron chi connectivity index (χ2n) is 4.43. The molecule has 0 spiro atoms. The summed E-state index contributed by atoms with van der Waals surface area (Å²) in [6, 6.07) is 9.13. The second-order valence-corrected chi connectivity index (χ2v) is 7.12. The summed E-state index contributed by atoms with van der Waals surface area (Å²) < 4.78 is 0.924. The van der Waals surface area contributed by atoms with Crippen molar-refractivity contribution in [2.45, 2.75) is 5.75 Å². The highest BCUT2D eigenvalue weighted by Crippen LogP contribution is 2.17. The van der Waals surface area contributed by atoms with Crippen LogP contribution in [0.25, 0.3) is 0 Å². The number of aliphatic imine (C=N–C) groups is 1. The SMILES string of the molecule is CS/C(=N\CCSCc1nc[nH]c1Br)NC(=O)c1ccccc1.I. The number of carbonyl (C=O) groups is 1. The standard InChI is InChI=1S/C15H17BrN4OS2.HI/c1-22-15(20-14(21)11-5-3-2-4-6-11)17-7-8-23-9-12-13(16)19-10-18-12;/h2-6,10H,7-9H2,1H3,(H,18,19)(H,17,20,21);1H. The number of thioether (sulfide) groups is 2. The third-order valence-corrected chi connectivity index (χ3v) is 5.10. The molecule has 130 valence electrons. The average Bonchev–Trinajstić information content (AvgIpc) is 2.99. The van der Waals surface area contributed by atoms with E-state index in [4.69, 9.17) is 0 Å². The highest BCUT2D eigenvalue weighted by Gasteiger charge is 2.07. The quantitative estimate of drug-likeness (QED) is 0.250. The average molecular weight is 541 g/mol. The van der Waals surface area contributed by atoms with Gasteiger partial charge in [-0.1, -0.05) is 30.0 Å². The lowest BCUT2D eigenvalue weighted by molar-refractivity contribution is 0.0978. The Kier molecular flexibility index (Phi) is 10.7. The number of halogens is 2. The van der Waals surface area contributed by atoms with Crippen molar-refractivity contribution in [1.29, 1.82) is 0 Å². The Morgan fingerprint density at radius 3 is 2.75 bits per heavy atom. The number of imidazole rings is 1. The van der Waals surface area contributed by atoms with E-state index in [-0.39, 0.29) is 29.9 Å². The molecule has 0 fully saturated rings. The molecule has 2 N–H and O–H groups in total. The number of benzene rings is 1. The zero-order valence-corrected chi connectivity index (χ0v) is 18.5. The monoisotopic (exact) mass is 540 g/mol. The fraction of sp³-hybridized carbons (Fsp3) is 0.267. The molecule has 0 radical (unpaired) electrons. The van der Waals surface area contributed by atoms with Crippen molar-refractivity contribution in [3.63, 3.8) is 0 Å². The molecule has 0 saturated heterocycles. The Bertz CT molecular complexity index is 667. The Labute approximate surface area is 175 Å². The maximum atomic E-state index is 12.1. The number of amides is 1. The Morgan fingerprint density at radius 2 is 2.12 bits per heavy atom. The van der Waals surface area contributed by atoms with Gasteiger partial charge >= 0.3 is 0 Å². The number of H-pyrrole nitrogens is 1. The highest BCUT2D eigenvalue weighted by molar-refractivity contribution is 14.0.